The van der Waals surface area contributed by atoms with Crippen LogP contribution < -0.4 is 0 Å². The minimum Gasteiger partial charge on any atom is -0.0843 e. The first kappa shape index (κ1) is 8.63. The normalized spacial score (nSPS) is 11.7. The second-order valence-corrected chi connectivity index (χ2v) is 2.99. The van der Waals surface area contributed by atoms with Crippen LogP contribution in [-0.4, -0.2) is 0 Å². The highest BCUT2D eigenvalue weighted by Crippen LogP contribution is 2.20. The summed E-state index contributed by atoms with van der Waals surface area (Å²) in [6.45, 7) is 1.90. The van der Waals surface area contributed by atoms with Crippen LogP contribution in [0.1, 0.15) is 12.5 Å². The molecule has 0 aromatic heterocycles. The SMILES string of the molecule is C/C=C(\Cl)c1ccc(Cl)cc1. The van der Waals surface area contributed by atoms with E-state index in [4.69, 9.17) is 23.2 Å². The van der Waals surface area contributed by atoms with Crippen molar-refractivity contribution < 1.29 is 0 Å². The Labute approximate surface area is 76.4 Å². The summed E-state index contributed by atoms with van der Waals surface area (Å²) >= 11 is 11.6. The highest BCUT2D eigenvalue weighted by atomic mass is 35.5. The maximum atomic E-state index is 5.86. The molecule has 0 atom stereocenters. The van der Waals surface area contributed by atoms with E-state index in [-0.39, 0.29) is 0 Å². The Hall–Kier alpha value is -0.460. The summed E-state index contributed by atoms with van der Waals surface area (Å²) < 4.78 is 0. The zero-order chi connectivity index (χ0) is 8.27. The van der Waals surface area contributed by atoms with Gasteiger partial charge in [-0.15, -0.1) is 0 Å². The van der Waals surface area contributed by atoms with Crippen molar-refractivity contribution in [1.29, 1.82) is 0 Å². The summed E-state index contributed by atoms with van der Waals surface area (Å²) in [5, 5.41) is 1.48. The number of rotatable bonds is 1. The summed E-state index contributed by atoms with van der Waals surface area (Å²) in [6, 6.07) is 7.43. The van der Waals surface area contributed by atoms with E-state index in [1.54, 1.807) is 0 Å². The van der Waals surface area contributed by atoms with Crippen LogP contribution in [0, 0.1) is 0 Å². The lowest BCUT2D eigenvalue weighted by Gasteiger charge is -1.96. The van der Waals surface area contributed by atoms with E-state index in [1.807, 2.05) is 37.3 Å². The maximum absolute atomic E-state index is 5.86. The number of hydrogen-bond acceptors (Lipinski definition) is 0. The van der Waals surface area contributed by atoms with Crippen molar-refractivity contribution >= 4 is 28.2 Å². The molecule has 1 rings (SSSR count). The molecule has 1 aromatic carbocycles. The molecule has 0 amide bonds. The Morgan fingerprint density at radius 1 is 1.27 bits per heavy atom. The summed E-state index contributed by atoms with van der Waals surface area (Å²) in [6.07, 6.45) is 1.85. The molecule has 11 heavy (non-hydrogen) atoms. The van der Waals surface area contributed by atoms with Crippen molar-refractivity contribution in [3.8, 4) is 0 Å². The van der Waals surface area contributed by atoms with Gasteiger partial charge in [-0.1, -0.05) is 41.4 Å². The zero-order valence-electron chi connectivity index (χ0n) is 6.14. The Morgan fingerprint density at radius 2 is 1.82 bits per heavy atom. The largest absolute Gasteiger partial charge is 0.0843 e. The molecule has 0 heterocycles. The van der Waals surface area contributed by atoms with Crippen molar-refractivity contribution in [2.45, 2.75) is 6.92 Å². The maximum Gasteiger partial charge on any atom is 0.0435 e. The topological polar surface area (TPSA) is 0 Å². The number of halogens is 2. The summed E-state index contributed by atoms with van der Waals surface area (Å²) in [7, 11) is 0. The standard InChI is InChI=1S/C9H8Cl2/c1-2-9(11)7-3-5-8(10)6-4-7/h2-6H,1H3/b9-2-. The number of benzene rings is 1. The molecular weight excluding hydrogens is 179 g/mol. The molecule has 58 valence electrons. The van der Waals surface area contributed by atoms with Gasteiger partial charge in [0, 0.05) is 10.1 Å². The molecule has 0 unspecified atom stereocenters. The lowest BCUT2D eigenvalue weighted by Crippen LogP contribution is -1.74. The highest BCUT2D eigenvalue weighted by molar-refractivity contribution is 6.48. The van der Waals surface area contributed by atoms with Crippen molar-refractivity contribution in [1.82, 2.24) is 0 Å². The van der Waals surface area contributed by atoms with Crippen LogP contribution in [0.5, 0.6) is 0 Å². The van der Waals surface area contributed by atoms with E-state index in [0.29, 0.717) is 0 Å². The van der Waals surface area contributed by atoms with E-state index in [0.717, 1.165) is 15.6 Å². The lowest BCUT2D eigenvalue weighted by molar-refractivity contribution is 1.63. The van der Waals surface area contributed by atoms with E-state index in [9.17, 15) is 0 Å². The van der Waals surface area contributed by atoms with Crippen LogP contribution in [0.25, 0.3) is 5.03 Å². The van der Waals surface area contributed by atoms with Crippen LogP contribution in [-0.2, 0) is 0 Å². The second kappa shape index (κ2) is 3.80. The van der Waals surface area contributed by atoms with E-state index < -0.39 is 0 Å². The van der Waals surface area contributed by atoms with Crippen molar-refractivity contribution in [2.24, 2.45) is 0 Å². The molecule has 0 aliphatic carbocycles. The Kier molecular flexibility index (Phi) is 2.98. The quantitative estimate of drug-likeness (QED) is 0.624. The van der Waals surface area contributed by atoms with Crippen molar-refractivity contribution in [3.05, 3.63) is 40.9 Å². The second-order valence-electron chi connectivity index (χ2n) is 2.14. The average molecular weight is 187 g/mol. The fraction of sp³-hybridized carbons (Fsp3) is 0.111. The molecule has 0 saturated carbocycles. The molecule has 0 spiro atoms. The summed E-state index contributed by atoms with van der Waals surface area (Å²) in [4.78, 5) is 0. The molecule has 0 N–H and O–H groups in total. The van der Waals surface area contributed by atoms with Gasteiger partial charge in [0.05, 0.1) is 0 Å². The van der Waals surface area contributed by atoms with Crippen LogP contribution in [0.2, 0.25) is 5.02 Å². The van der Waals surface area contributed by atoms with Gasteiger partial charge in [-0.05, 0) is 24.6 Å². The van der Waals surface area contributed by atoms with Gasteiger partial charge >= 0.3 is 0 Å². The molecule has 0 radical (unpaired) electrons. The van der Waals surface area contributed by atoms with Crippen LogP contribution in [0.3, 0.4) is 0 Å². The van der Waals surface area contributed by atoms with Gasteiger partial charge in [0.25, 0.3) is 0 Å². The Balaban J connectivity index is 2.99. The van der Waals surface area contributed by atoms with E-state index in [1.165, 1.54) is 0 Å². The predicted molar refractivity (Wildman–Crippen MR) is 51.0 cm³/mol. The number of hydrogen-bond donors (Lipinski definition) is 0. The van der Waals surface area contributed by atoms with Gasteiger partial charge in [-0.25, -0.2) is 0 Å². The van der Waals surface area contributed by atoms with Crippen LogP contribution >= 0.6 is 23.2 Å². The Morgan fingerprint density at radius 3 is 2.27 bits per heavy atom. The van der Waals surface area contributed by atoms with Crippen LogP contribution in [0.15, 0.2) is 30.3 Å². The molecule has 1 aromatic rings. The smallest absolute Gasteiger partial charge is 0.0435 e. The minimum atomic E-state index is 0.731. The van der Waals surface area contributed by atoms with Crippen molar-refractivity contribution in [2.75, 3.05) is 0 Å². The van der Waals surface area contributed by atoms with Gasteiger partial charge in [0.1, 0.15) is 0 Å². The van der Waals surface area contributed by atoms with Crippen molar-refractivity contribution in [3.63, 3.8) is 0 Å². The summed E-state index contributed by atoms with van der Waals surface area (Å²) in [5.41, 5.74) is 0.999. The van der Waals surface area contributed by atoms with Gasteiger partial charge in [-0.3, -0.25) is 0 Å². The first-order valence-electron chi connectivity index (χ1n) is 3.32. The fourth-order valence-corrected chi connectivity index (χ4v) is 1.03. The zero-order valence-corrected chi connectivity index (χ0v) is 7.65. The monoisotopic (exact) mass is 186 g/mol. The molecule has 0 fully saturated rings. The minimum absolute atomic E-state index is 0.731. The third kappa shape index (κ3) is 2.25. The lowest BCUT2D eigenvalue weighted by atomic mass is 10.2. The third-order valence-corrected chi connectivity index (χ3v) is 2.06. The van der Waals surface area contributed by atoms with Gasteiger partial charge in [-0.2, -0.15) is 0 Å². The predicted octanol–water partition coefficient (Wildman–Crippen LogP) is 3.94. The van der Waals surface area contributed by atoms with E-state index >= 15 is 0 Å². The van der Waals surface area contributed by atoms with Gasteiger partial charge < -0.3 is 0 Å². The molecule has 2 heteroatoms. The van der Waals surface area contributed by atoms with Gasteiger partial charge in [0.15, 0.2) is 0 Å². The van der Waals surface area contributed by atoms with Crippen LogP contribution in [0.4, 0.5) is 0 Å². The molecular formula is C9H8Cl2. The molecule has 0 aliphatic heterocycles. The molecule has 0 saturated heterocycles. The summed E-state index contributed by atoms with van der Waals surface area (Å²) in [5.74, 6) is 0. The molecule has 0 aliphatic rings. The molecule has 0 bridgehead atoms. The number of allylic oxidation sites excluding steroid dienone is 1. The average Bonchev–Trinajstić information content (AvgIpc) is 2.05. The highest BCUT2D eigenvalue weighted by Gasteiger charge is 1.94. The fourth-order valence-electron chi connectivity index (χ4n) is 0.776. The van der Waals surface area contributed by atoms with E-state index in [2.05, 4.69) is 0 Å². The third-order valence-electron chi connectivity index (χ3n) is 1.37. The van der Waals surface area contributed by atoms with Gasteiger partial charge in [0.2, 0.25) is 0 Å². The Bertz CT molecular complexity index is 259. The molecule has 0 nitrogen and oxygen atoms in total. The first-order chi connectivity index (χ1) is 5.24. The first-order valence-corrected chi connectivity index (χ1v) is 4.07.